The highest BCUT2D eigenvalue weighted by Crippen LogP contribution is 2.21. The summed E-state index contributed by atoms with van der Waals surface area (Å²) < 4.78 is 1.70. The molecular weight excluding hydrogens is 324 g/mol. The van der Waals surface area contributed by atoms with E-state index >= 15 is 0 Å². The normalized spacial score (nSPS) is 10.9. The minimum absolute atomic E-state index is 0.637. The molecule has 7 heteroatoms. The predicted molar refractivity (Wildman–Crippen MR) is 93.2 cm³/mol. The zero-order chi connectivity index (χ0) is 16.4. The summed E-state index contributed by atoms with van der Waals surface area (Å²) in [7, 11) is 0. The van der Waals surface area contributed by atoms with Crippen molar-refractivity contribution in [2.75, 3.05) is 5.32 Å². The number of halogens is 1. The van der Waals surface area contributed by atoms with E-state index in [1.54, 1.807) is 17.1 Å². The summed E-state index contributed by atoms with van der Waals surface area (Å²) in [5.74, 6) is 1.45. The van der Waals surface area contributed by atoms with Gasteiger partial charge in [0.2, 0.25) is 0 Å². The van der Waals surface area contributed by atoms with E-state index in [-0.39, 0.29) is 0 Å². The Bertz CT molecular complexity index is 965. The Hall–Kier alpha value is -2.99. The molecule has 4 aromatic rings. The van der Waals surface area contributed by atoms with Crippen LogP contribution in [0.3, 0.4) is 0 Å². The molecule has 0 amide bonds. The first-order chi connectivity index (χ1) is 11.8. The Balaban J connectivity index is 1.65. The van der Waals surface area contributed by atoms with Gasteiger partial charge in [0.25, 0.3) is 0 Å². The topological polar surface area (TPSA) is 68.5 Å². The molecule has 4 rings (SSSR count). The minimum Gasteiger partial charge on any atom is -0.365 e. The van der Waals surface area contributed by atoms with Gasteiger partial charge in [0.05, 0.1) is 11.6 Å². The highest BCUT2D eigenvalue weighted by molar-refractivity contribution is 6.30. The second kappa shape index (κ2) is 6.25. The lowest BCUT2D eigenvalue weighted by molar-refractivity contribution is 0.861. The Morgan fingerprint density at radius 2 is 1.88 bits per heavy atom. The Kier molecular flexibility index (Phi) is 3.80. The Labute approximate surface area is 143 Å². The van der Waals surface area contributed by atoms with E-state index in [0.29, 0.717) is 12.2 Å². The van der Waals surface area contributed by atoms with Crippen molar-refractivity contribution in [3.05, 3.63) is 71.8 Å². The summed E-state index contributed by atoms with van der Waals surface area (Å²) in [6.07, 6.45) is 4.99. The number of pyridine rings is 1. The van der Waals surface area contributed by atoms with Gasteiger partial charge < -0.3 is 5.32 Å². The highest BCUT2D eigenvalue weighted by Gasteiger charge is 2.11. The van der Waals surface area contributed by atoms with Gasteiger partial charge in [0.1, 0.15) is 12.1 Å². The third-order valence-electron chi connectivity index (χ3n) is 3.61. The van der Waals surface area contributed by atoms with Crippen molar-refractivity contribution in [1.29, 1.82) is 0 Å². The zero-order valence-electron chi connectivity index (χ0n) is 12.6. The second-order valence-electron chi connectivity index (χ2n) is 5.18. The molecule has 24 heavy (non-hydrogen) atoms. The molecule has 0 unspecified atom stereocenters. The molecule has 0 atom stereocenters. The summed E-state index contributed by atoms with van der Waals surface area (Å²) in [5, 5.41) is 9.27. The van der Waals surface area contributed by atoms with Gasteiger partial charge >= 0.3 is 0 Å². The first kappa shape index (κ1) is 14.6. The number of aromatic nitrogens is 5. The fraction of sp³-hybridized carbons (Fsp3) is 0.0588. The van der Waals surface area contributed by atoms with E-state index in [1.807, 2.05) is 42.5 Å². The van der Waals surface area contributed by atoms with Gasteiger partial charge in [-0.2, -0.15) is 9.78 Å². The standard InChI is InChI=1S/C17H13ClN6/c18-13-6-4-12(5-7-13)9-20-16-14-10-23-24(17(14)22-11-21-16)15-3-1-2-8-19-15/h1-8,10-11H,9H2,(H,20,21,22). The quantitative estimate of drug-likeness (QED) is 0.618. The van der Waals surface area contributed by atoms with Crippen molar-refractivity contribution >= 4 is 28.5 Å². The van der Waals surface area contributed by atoms with Crippen molar-refractivity contribution in [3.63, 3.8) is 0 Å². The monoisotopic (exact) mass is 336 g/mol. The summed E-state index contributed by atoms with van der Waals surface area (Å²) >= 11 is 5.91. The summed E-state index contributed by atoms with van der Waals surface area (Å²) in [5.41, 5.74) is 1.82. The first-order valence-electron chi connectivity index (χ1n) is 7.40. The third-order valence-corrected chi connectivity index (χ3v) is 3.86. The van der Waals surface area contributed by atoms with Gasteiger partial charge in [-0.25, -0.2) is 15.0 Å². The van der Waals surface area contributed by atoms with Crippen LogP contribution in [0.2, 0.25) is 5.02 Å². The Morgan fingerprint density at radius 1 is 1.00 bits per heavy atom. The van der Waals surface area contributed by atoms with Gasteiger partial charge in [0.15, 0.2) is 11.5 Å². The molecule has 118 valence electrons. The maximum absolute atomic E-state index is 5.91. The van der Waals surface area contributed by atoms with Gasteiger partial charge in [-0.05, 0) is 29.8 Å². The van der Waals surface area contributed by atoms with Crippen LogP contribution in [0.15, 0.2) is 61.2 Å². The molecule has 0 saturated carbocycles. The minimum atomic E-state index is 0.637. The molecular formula is C17H13ClN6. The van der Waals surface area contributed by atoms with E-state index in [1.165, 1.54) is 6.33 Å². The maximum atomic E-state index is 5.91. The summed E-state index contributed by atoms with van der Waals surface area (Å²) in [6, 6.07) is 13.4. The van der Waals surface area contributed by atoms with Gasteiger partial charge in [-0.1, -0.05) is 29.8 Å². The second-order valence-corrected chi connectivity index (χ2v) is 5.62. The molecule has 1 N–H and O–H groups in total. The van der Waals surface area contributed by atoms with Crippen LogP contribution < -0.4 is 5.32 Å². The molecule has 0 bridgehead atoms. The van der Waals surface area contributed by atoms with E-state index in [0.717, 1.165) is 27.6 Å². The van der Waals surface area contributed by atoms with Gasteiger partial charge in [-0.15, -0.1) is 0 Å². The van der Waals surface area contributed by atoms with Crippen molar-refractivity contribution < 1.29 is 0 Å². The average Bonchev–Trinajstić information content (AvgIpc) is 3.07. The molecule has 0 spiro atoms. The van der Waals surface area contributed by atoms with Gasteiger partial charge in [0, 0.05) is 17.8 Å². The number of hydrogen-bond acceptors (Lipinski definition) is 5. The summed E-state index contributed by atoms with van der Waals surface area (Å²) in [6.45, 7) is 0.637. The first-order valence-corrected chi connectivity index (χ1v) is 7.77. The average molecular weight is 337 g/mol. The Morgan fingerprint density at radius 3 is 2.67 bits per heavy atom. The number of nitrogens with zero attached hydrogens (tertiary/aromatic N) is 5. The molecule has 0 radical (unpaired) electrons. The molecule has 0 aliphatic rings. The van der Waals surface area contributed by atoms with Crippen LogP contribution in [0.4, 0.5) is 5.82 Å². The summed E-state index contributed by atoms with van der Waals surface area (Å²) in [4.78, 5) is 13.0. The van der Waals surface area contributed by atoms with E-state index in [2.05, 4.69) is 25.4 Å². The molecule has 0 saturated heterocycles. The van der Waals surface area contributed by atoms with Crippen LogP contribution in [-0.2, 0) is 6.54 Å². The molecule has 3 aromatic heterocycles. The lowest BCUT2D eigenvalue weighted by Gasteiger charge is -2.07. The van der Waals surface area contributed by atoms with Crippen LogP contribution in [-0.4, -0.2) is 24.7 Å². The third kappa shape index (κ3) is 2.79. The number of rotatable bonds is 4. The van der Waals surface area contributed by atoms with Crippen LogP contribution >= 0.6 is 11.6 Å². The predicted octanol–water partition coefficient (Wildman–Crippen LogP) is 3.48. The lowest BCUT2D eigenvalue weighted by Crippen LogP contribution is -2.03. The number of fused-ring (bicyclic) bond motifs is 1. The van der Waals surface area contributed by atoms with E-state index < -0.39 is 0 Å². The van der Waals surface area contributed by atoms with Crippen LogP contribution in [0.5, 0.6) is 0 Å². The van der Waals surface area contributed by atoms with E-state index in [9.17, 15) is 0 Å². The van der Waals surface area contributed by atoms with E-state index in [4.69, 9.17) is 11.6 Å². The largest absolute Gasteiger partial charge is 0.365 e. The fourth-order valence-corrected chi connectivity index (χ4v) is 2.55. The maximum Gasteiger partial charge on any atom is 0.170 e. The van der Waals surface area contributed by atoms with Crippen molar-refractivity contribution in [2.45, 2.75) is 6.54 Å². The molecule has 1 aromatic carbocycles. The number of nitrogens with one attached hydrogen (secondary N) is 1. The molecule has 3 heterocycles. The van der Waals surface area contributed by atoms with Gasteiger partial charge in [-0.3, -0.25) is 0 Å². The molecule has 0 aliphatic carbocycles. The number of anilines is 1. The highest BCUT2D eigenvalue weighted by atomic mass is 35.5. The molecule has 6 nitrogen and oxygen atoms in total. The number of hydrogen-bond donors (Lipinski definition) is 1. The van der Waals surface area contributed by atoms with Crippen LogP contribution in [0, 0.1) is 0 Å². The van der Waals surface area contributed by atoms with Crippen molar-refractivity contribution in [3.8, 4) is 5.82 Å². The lowest BCUT2D eigenvalue weighted by atomic mass is 10.2. The van der Waals surface area contributed by atoms with Crippen LogP contribution in [0.25, 0.3) is 16.9 Å². The smallest absolute Gasteiger partial charge is 0.170 e. The zero-order valence-corrected chi connectivity index (χ0v) is 13.4. The molecule has 0 aliphatic heterocycles. The SMILES string of the molecule is Clc1ccc(CNc2ncnc3c2cnn3-c2ccccn2)cc1. The van der Waals surface area contributed by atoms with Crippen molar-refractivity contribution in [1.82, 2.24) is 24.7 Å². The fourth-order valence-electron chi connectivity index (χ4n) is 2.42. The van der Waals surface area contributed by atoms with Crippen molar-refractivity contribution in [2.24, 2.45) is 0 Å². The van der Waals surface area contributed by atoms with Crippen LogP contribution in [0.1, 0.15) is 5.56 Å². The number of benzene rings is 1. The molecule has 0 fully saturated rings.